The highest BCUT2D eigenvalue weighted by atomic mass is 19.4. The van der Waals surface area contributed by atoms with E-state index in [-0.39, 0.29) is 13.0 Å². The molecule has 7 nitrogen and oxygen atoms in total. The number of carbonyl (C=O) groups is 1. The molecule has 1 aromatic heterocycles. The average Bonchev–Trinajstić information content (AvgIpc) is 2.91. The van der Waals surface area contributed by atoms with E-state index in [0.29, 0.717) is 24.4 Å². The van der Waals surface area contributed by atoms with Crippen LogP contribution < -0.4 is 4.90 Å². The van der Waals surface area contributed by atoms with Crippen molar-refractivity contribution in [3.05, 3.63) is 12.0 Å². The van der Waals surface area contributed by atoms with Gasteiger partial charge < -0.3 is 19.7 Å². The number of alkyl halides is 3. The molecule has 0 saturated heterocycles. The number of carbonyl (C=O) groups excluding carboxylic acids is 1. The smallest absolute Gasteiger partial charge is 0.381 e. The van der Waals surface area contributed by atoms with Gasteiger partial charge in [-0.1, -0.05) is 6.42 Å². The van der Waals surface area contributed by atoms with Gasteiger partial charge in [-0.2, -0.15) is 13.2 Å². The Bertz CT molecular complexity index is 727. The lowest BCUT2D eigenvalue weighted by atomic mass is 9.64. The largest absolute Gasteiger partial charge is 0.416 e. The molecule has 2 aliphatic rings. The normalized spacial score (nSPS) is 24.4. The van der Waals surface area contributed by atoms with Gasteiger partial charge in [-0.3, -0.25) is 9.69 Å². The topological polar surface area (TPSA) is 81.8 Å². The van der Waals surface area contributed by atoms with E-state index in [0.717, 1.165) is 13.3 Å². The molecule has 0 aromatic carbocycles. The summed E-state index contributed by atoms with van der Waals surface area (Å²) in [5, 5.41) is 20.3. The number of amides is 1. The molecule has 0 spiro atoms. The summed E-state index contributed by atoms with van der Waals surface area (Å²) in [6.45, 7) is 0.909. The number of aryl methyl sites for hydroxylation is 1. The molecule has 152 valence electrons. The molecule has 2 N–H and O–H groups in total. The zero-order valence-corrected chi connectivity index (χ0v) is 15.6. The molecule has 2 atom stereocenters. The monoisotopic (exact) mass is 390 g/mol. The van der Waals surface area contributed by atoms with Crippen molar-refractivity contribution in [3.63, 3.8) is 0 Å². The highest BCUT2D eigenvalue weighted by Crippen LogP contribution is 2.48. The van der Waals surface area contributed by atoms with Gasteiger partial charge >= 0.3 is 6.18 Å². The number of rotatable bonds is 5. The Morgan fingerprint density at radius 2 is 1.96 bits per heavy atom. The zero-order valence-electron chi connectivity index (χ0n) is 15.6. The first-order valence-corrected chi connectivity index (χ1v) is 8.91. The third-order valence-corrected chi connectivity index (χ3v) is 6.01. The van der Waals surface area contributed by atoms with E-state index in [2.05, 4.69) is 4.98 Å². The van der Waals surface area contributed by atoms with E-state index >= 15 is 0 Å². The fourth-order valence-electron chi connectivity index (χ4n) is 3.81. The molecule has 1 amide bonds. The quantitative estimate of drug-likeness (QED) is 0.802. The summed E-state index contributed by atoms with van der Waals surface area (Å²) in [5.41, 5.74) is -2.98. The Labute approximate surface area is 155 Å². The van der Waals surface area contributed by atoms with E-state index in [1.165, 1.54) is 16.1 Å². The van der Waals surface area contributed by atoms with Crippen molar-refractivity contribution in [1.29, 1.82) is 0 Å². The predicted molar refractivity (Wildman–Crippen MR) is 90.9 cm³/mol. The molecule has 10 heteroatoms. The summed E-state index contributed by atoms with van der Waals surface area (Å²) in [4.78, 5) is 19.8. The van der Waals surface area contributed by atoms with Crippen LogP contribution in [0.1, 0.15) is 49.5 Å². The Balaban J connectivity index is 1.78. The van der Waals surface area contributed by atoms with Crippen LogP contribution in [0.3, 0.4) is 0 Å². The zero-order chi connectivity index (χ0) is 20.2. The minimum atomic E-state index is -4.71. The maximum atomic E-state index is 13.0. The summed E-state index contributed by atoms with van der Waals surface area (Å²) in [5.74, 6) is -0.0293. The lowest BCUT2D eigenvalue weighted by Crippen LogP contribution is -2.58. The van der Waals surface area contributed by atoms with Gasteiger partial charge in [-0.15, -0.1) is 0 Å². The van der Waals surface area contributed by atoms with Crippen molar-refractivity contribution >= 4 is 11.7 Å². The predicted octanol–water partition coefficient (Wildman–Crippen LogP) is 1.85. The summed E-state index contributed by atoms with van der Waals surface area (Å²) in [6, 6.07) is 0. The summed E-state index contributed by atoms with van der Waals surface area (Å²) in [7, 11) is 3.28. The highest BCUT2D eigenvalue weighted by molar-refractivity contribution is 5.99. The van der Waals surface area contributed by atoms with Gasteiger partial charge in [0.15, 0.2) is 17.1 Å². The van der Waals surface area contributed by atoms with Crippen LogP contribution in [-0.4, -0.2) is 62.3 Å². The number of anilines is 1. The lowest BCUT2D eigenvalue weighted by Gasteiger charge is -2.49. The second-order valence-corrected chi connectivity index (χ2v) is 8.04. The van der Waals surface area contributed by atoms with Crippen molar-refractivity contribution in [2.24, 2.45) is 12.5 Å². The maximum absolute atomic E-state index is 13.0. The van der Waals surface area contributed by atoms with Gasteiger partial charge in [-0.05, 0) is 38.0 Å². The van der Waals surface area contributed by atoms with E-state index in [1.54, 1.807) is 18.7 Å². The van der Waals surface area contributed by atoms with Crippen molar-refractivity contribution in [2.45, 2.75) is 57.2 Å². The second kappa shape index (κ2) is 6.37. The second-order valence-electron chi connectivity index (χ2n) is 8.04. The Hall–Kier alpha value is -1.81. The van der Waals surface area contributed by atoms with Crippen LogP contribution in [-0.2, 0) is 7.05 Å². The molecular weight excluding hydrogens is 365 g/mol. The first kappa shape index (κ1) is 19.9. The molecule has 1 saturated carbocycles. The third kappa shape index (κ3) is 3.29. The molecule has 1 aromatic rings. The molecule has 2 unspecified atom stereocenters. The number of aliphatic hydroxyl groups is 2. The van der Waals surface area contributed by atoms with E-state index in [1.807, 2.05) is 0 Å². The standard InChI is InChI=1S/C17H25F3N4O3/c1-15(27,17(18,19)20)7-8-16(5-4-6-16)9-24-13(25)11-12(21-10-22(11)2)23(3)14(24)26/h10,14,26-27H,4-9H2,1-3H3. The summed E-state index contributed by atoms with van der Waals surface area (Å²) in [6.07, 6.45) is -2.63. The van der Waals surface area contributed by atoms with Crippen LogP contribution in [0.5, 0.6) is 0 Å². The molecule has 2 heterocycles. The van der Waals surface area contributed by atoms with Gasteiger partial charge in [0.25, 0.3) is 5.91 Å². The number of aromatic nitrogens is 2. The molecule has 1 aliphatic heterocycles. The van der Waals surface area contributed by atoms with Crippen molar-refractivity contribution in [1.82, 2.24) is 14.5 Å². The van der Waals surface area contributed by atoms with Crippen LogP contribution in [0.25, 0.3) is 0 Å². The Morgan fingerprint density at radius 1 is 1.33 bits per heavy atom. The molecule has 27 heavy (non-hydrogen) atoms. The number of nitrogens with zero attached hydrogens (tertiary/aromatic N) is 4. The number of hydrogen-bond donors (Lipinski definition) is 2. The Morgan fingerprint density at radius 3 is 2.48 bits per heavy atom. The molecule has 3 rings (SSSR count). The van der Waals surface area contributed by atoms with Crippen LogP contribution in [0.4, 0.5) is 19.0 Å². The fraction of sp³-hybridized carbons (Fsp3) is 0.765. The first-order chi connectivity index (χ1) is 12.4. The first-order valence-electron chi connectivity index (χ1n) is 8.91. The van der Waals surface area contributed by atoms with Crippen molar-refractivity contribution in [2.75, 3.05) is 18.5 Å². The van der Waals surface area contributed by atoms with Gasteiger partial charge in [0.1, 0.15) is 0 Å². The number of halogens is 3. The van der Waals surface area contributed by atoms with Gasteiger partial charge in [0.05, 0.1) is 6.33 Å². The Kier molecular flexibility index (Phi) is 4.70. The maximum Gasteiger partial charge on any atom is 0.416 e. The summed E-state index contributed by atoms with van der Waals surface area (Å²) >= 11 is 0. The molecule has 1 aliphatic carbocycles. The highest BCUT2D eigenvalue weighted by Gasteiger charge is 2.52. The van der Waals surface area contributed by atoms with Gasteiger partial charge in [-0.25, -0.2) is 4.98 Å². The minimum Gasteiger partial charge on any atom is -0.381 e. The van der Waals surface area contributed by atoms with Crippen LogP contribution >= 0.6 is 0 Å². The lowest BCUT2D eigenvalue weighted by molar-refractivity contribution is -0.257. The minimum absolute atomic E-state index is 0.123. The SMILES string of the molecule is CN1c2ncn(C)c2C(=O)N(CC2(CCC(C)(O)C(F)(F)F)CCC2)C1O. The number of imidazole rings is 1. The van der Waals surface area contributed by atoms with E-state index < -0.39 is 35.9 Å². The molecule has 0 bridgehead atoms. The molecule has 1 fully saturated rings. The summed E-state index contributed by atoms with van der Waals surface area (Å²) < 4.78 is 40.5. The van der Waals surface area contributed by atoms with Crippen molar-refractivity contribution in [3.8, 4) is 0 Å². The van der Waals surface area contributed by atoms with Crippen molar-refractivity contribution < 1.29 is 28.2 Å². The van der Waals surface area contributed by atoms with Gasteiger partial charge in [0, 0.05) is 20.6 Å². The molecular formula is C17H25F3N4O3. The molecule has 0 radical (unpaired) electrons. The van der Waals surface area contributed by atoms with E-state index in [4.69, 9.17) is 0 Å². The average molecular weight is 390 g/mol. The van der Waals surface area contributed by atoms with Crippen LogP contribution in [0, 0.1) is 5.41 Å². The number of fused-ring (bicyclic) bond motifs is 1. The fourth-order valence-corrected chi connectivity index (χ4v) is 3.81. The van der Waals surface area contributed by atoms with Crippen LogP contribution in [0.2, 0.25) is 0 Å². The number of aliphatic hydroxyl groups excluding tert-OH is 1. The van der Waals surface area contributed by atoms with Crippen LogP contribution in [0.15, 0.2) is 6.33 Å². The van der Waals surface area contributed by atoms with Gasteiger partial charge in [0.2, 0.25) is 6.35 Å². The van der Waals surface area contributed by atoms with E-state index in [9.17, 15) is 28.2 Å². The number of hydrogen-bond acceptors (Lipinski definition) is 5. The third-order valence-electron chi connectivity index (χ3n) is 6.01.